The minimum atomic E-state index is -0.0961. The van der Waals surface area contributed by atoms with Crippen LogP contribution in [0.3, 0.4) is 0 Å². The first-order chi connectivity index (χ1) is 28.7. The lowest BCUT2D eigenvalue weighted by atomic mass is 10.1. The molecular weight excluding hydrogens is 789 g/mol. The number of rotatable bonds is 7. The van der Waals surface area contributed by atoms with Crippen molar-refractivity contribution in [2.75, 3.05) is 42.8 Å². The van der Waals surface area contributed by atoms with E-state index in [0.29, 0.717) is 44.7 Å². The molecule has 4 N–H and O–H groups in total. The Kier molecular flexibility index (Phi) is 11.0. The van der Waals surface area contributed by atoms with Crippen LogP contribution in [0.1, 0.15) is 38.6 Å². The van der Waals surface area contributed by atoms with Gasteiger partial charge in [0.15, 0.2) is 11.2 Å². The zero-order valence-electron chi connectivity index (χ0n) is 32.2. The topological polar surface area (TPSA) is 155 Å². The fourth-order valence-electron chi connectivity index (χ4n) is 7.59. The molecule has 10 rings (SSSR count). The molecule has 12 nitrogen and oxygen atoms in total. The summed E-state index contributed by atoms with van der Waals surface area (Å²) in [7, 11) is 0. The summed E-state index contributed by atoms with van der Waals surface area (Å²) in [5.41, 5.74) is 16.1. The van der Waals surface area contributed by atoms with Crippen LogP contribution >= 0.6 is 23.2 Å². The van der Waals surface area contributed by atoms with Gasteiger partial charge >= 0.3 is 0 Å². The summed E-state index contributed by atoms with van der Waals surface area (Å²) in [5, 5.41) is 7.57. The zero-order valence-corrected chi connectivity index (χ0v) is 33.7. The summed E-state index contributed by atoms with van der Waals surface area (Å²) in [4.78, 5) is 25.6. The second-order valence-electron chi connectivity index (χ2n) is 14.7. The third-order valence-electron chi connectivity index (χ3n) is 10.5. The van der Waals surface area contributed by atoms with Crippen LogP contribution in [0, 0.1) is 0 Å². The lowest BCUT2D eigenvalue weighted by Crippen LogP contribution is -2.28. The van der Waals surface area contributed by atoms with Gasteiger partial charge in [-0.1, -0.05) is 23.2 Å². The van der Waals surface area contributed by atoms with E-state index in [1.807, 2.05) is 66.7 Å². The Morgan fingerprint density at radius 3 is 1.86 bits per heavy atom. The molecule has 0 atom stereocenters. The largest absolute Gasteiger partial charge is 0.436 e. The Morgan fingerprint density at radius 1 is 0.678 bits per heavy atom. The van der Waals surface area contributed by atoms with Gasteiger partial charge in [-0.3, -0.25) is 4.79 Å². The standard InChI is InChI=1S/C27H23ClN4O3.C18H18ClN3O2/c1-16(33)29-20-6-2-17(3-7-20)26-30-22-14-18(27-31-23-15-19(28)5-9-25(23)35-27)4-8-24(22)32(26)21-10-12-34-13-11-21;19-12-2-4-17-16(10-12)22-18(24-17)11-1-3-15(14(20)9-11)21-13-5-7-23-8-6-13/h2-9,14-15,21H,10-13H2,1H3,(H,29,33);1-4,9-10,13,21H,5-8,20H2. The molecule has 0 aliphatic carbocycles. The maximum Gasteiger partial charge on any atom is 0.227 e. The number of nitrogens with two attached hydrogens (primary N) is 1. The highest BCUT2D eigenvalue weighted by atomic mass is 35.5. The van der Waals surface area contributed by atoms with E-state index in [4.69, 9.17) is 52.2 Å². The van der Waals surface area contributed by atoms with Gasteiger partial charge in [0.1, 0.15) is 16.9 Å². The van der Waals surface area contributed by atoms with Crippen LogP contribution in [0.25, 0.3) is 67.5 Å². The van der Waals surface area contributed by atoms with Gasteiger partial charge < -0.3 is 39.2 Å². The van der Waals surface area contributed by atoms with Crippen molar-refractivity contribution in [2.24, 2.45) is 0 Å². The average Bonchev–Trinajstić information content (AvgIpc) is 3.97. The third kappa shape index (κ3) is 8.48. The maximum absolute atomic E-state index is 11.4. The number of oxazole rings is 2. The Hall–Kier alpha value is -5.92. The smallest absolute Gasteiger partial charge is 0.227 e. The van der Waals surface area contributed by atoms with Gasteiger partial charge in [-0.05, 0) is 123 Å². The van der Waals surface area contributed by atoms with Crippen molar-refractivity contribution < 1.29 is 23.1 Å². The molecule has 8 aromatic rings. The van der Waals surface area contributed by atoms with E-state index >= 15 is 0 Å². The molecule has 59 heavy (non-hydrogen) atoms. The number of amides is 1. The van der Waals surface area contributed by atoms with Gasteiger partial charge in [0.25, 0.3) is 0 Å². The molecule has 300 valence electrons. The summed E-state index contributed by atoms with van der Waals surface area (Å²) in [5.74, 6) is 1.87. The first kappa shape index (κ1) is 38.6. The number of fused-ring (bicyclic) bond motifs is 3. The van der Waals surface area contributed by atoms with Crippen molar-refractivity contribution >= 4 is 79.4 Å². The number of ether oxygens (including phenoxy) is 2. The molecule has 2 fully saturated rings. The highest BCUT2D eigenvalue weighted by molar-refractivity contribution is 6.31. The predicted molar refractivity (Wildman–Crippen MR) is 233 cm³/mol. The molecule has 2 saturated heterocycles. The number of anilines is 3. The Morgan fingerprint density at radius 2 is 1.25 bits per heavy atom. The van der Waals surface area contributed by atoms with Gasteiger partial charge in [-0.2, -0.15) is 0 Å². The normalized spacial score (nSPS) is 15.0. The number of nitrogens with zero attached hydrogens (tertiary/aromatic N) is 4. The maximum atomic E-state index is 11.4. The number of benzene rings is 5. The van der Waals surface area contributed by atoms with Gasteiger partial charge in [-0.25, -0.2) is 15.0 Å². The highest BCUT2D eigenvalue weighted by Gasteiger charge is 2.24. The summed E-state index contributed by atoms with van der Waals surface area (Å²) in [6.45, 7) is 4.55. The fraction of sp³-hybridized carbons (Fsp3) is 0.244. The number of nitrogens with one attached hydrogen (secondary N) is 2. The van der Waals surface area contributed by atoms with Gasteiger partial charge in [0.2, 0.25) is 17.7 Å². The molecule has 0 radical (unpaired) electrons. The number of carbonyl (C=O) groups excluding carboxylic acids is 1. The van der Waals surface area contributed by atoms with Crippen molar-refractivity contribution in [3.8, 4) is 34.3 Å². The number of imidazole rings is 1. The summed E-state index contributed by atoms with van der Waals surface area (Å²) in [6.07, 6.45) is 3.84. The monoisotopic (exact) mass is 829 g/mol. The van der Waals surface area contributed by atoms with Crippen LogP contribution in [-0.2, 0) is 14.3 Å². The quantitative estimate of drug-likeness (QED) is 0.132. The fourth-order valence-corrected chi connectivity index (χ4v) is 7.92. The summed E-state index contributed by atoms with van der Waals surface area (Å²) in [6, 6.07) is 31.2. The van der Waals surface area contributed by atoms with Crippen molar-refractivity contribution in [2.45, 2.75) is 44.7 Å². The second kappa shape index (κ2) is 16.7. The molecule has 14 heteroatoms. The molecule has 0 saturated carbocycles. The van der Waals surface area contributed by atoms with E-state index < -0.39 is 0 Å². The first-order valence-electron chi connectivity index (χ1n) is 19.6. The van der Waals surface area contributed by atoms with Crippen molar-refractivity contribution in [3.63, 3.8) is 0 Å². The molecule has 1 amide bonds. The van der Waals surface area contributed by atoms with Gasteiger partial charge in [0.05, 0.1) is 22.4 Å². The van der Waals surface area contributed by atoms with Gasteiger partial charge in [0, 0.05) is 77.9 Å². The minimum absolute atomic E-state index is 0.0961. The molecular formula is C45H41Cl2N7O5. The molecule has 3 aromatic heterocycles. The van der Waals surface area contributed by atoms with Crippen molar-refractivity contribution in [3.05, 3.63) is 107 Å². The first-order valence-corrected chi connectivity index (χ1v) is 20.3. The average molecular weight is 831 g/mol. The van der Waals surface area contributed by atoms with Crippen LogP contribution in [0.2, 0.25) is 10.0 Å². The summed E-state index contributed by atoms with van der Waals surface area (Å²) >= 11 is 12.1. The van der Waals surface area contributed by atoms with E-state index in [0.717, 1.165) is 108 Å². The molecule has 5 aromatic carbocycles. The number of halogens is 2. The SMILES string of the molecule is CC(=O)Nc1ccc(-c2nc3cc(-c4nc5cc(Cl)ccc5o4)ccc3n2C2CCOCC2)cc1.Nc1cc(-c2nc3cc(Cl)ccc3o2)ccc1NC1CCOCC1. The Labute approximate surface area is 349 Å². The minimum Gasteiger partial charge on any atom is -0.436 e. The number of nitrogen functional groups attached to an aromatic ring is 1. The van der Waals surface area contributed by atoms with Crippen LogP contribution < -0.4 is 16.4 Å². The number of carbonyl (C=O) groups is 1. The summed E-state index contributed by atoms with van der Waals surface area (Å²) < 4.78 is 25.1. The number of hydrogen-bond acceptors (Lipinski definition) is 10. The van der Waals surface area contributed by atoms with Crippen molar-refractivity contribution in [1.82, 2.24) is 19.5 Å². The van der Waals surface area contributed by atoms with Crippen LogP contribution in [0.15, 0.2) is 106 Å². The molecule has 5 heterocycles. The van der Waals surface area contributed by atoms with Crippen LogP contribution in [-0.4, -0.2) is 57.9 Å². The number of hydrogen-bond donors (Lipinski definition) is 3. The number of aromatic nitrogens is 4. The molecule has 0 spiro atoms. The van der Waals surface area contributed by atoms with Gasteiger partial charge in [-0.15, -0.1) is 0 Å². The third-order valence-corrected chi connectivity index (χ3v) is 11.0. The molecule has 0 bridgehead atoms. The van der Waals surface area contributed by atoms with E-state index in [-0.39, 0.29) is 11.9 Å². The molecule has 2 aliphatic heterocycles. The van der Waals surface area contributed by atoms with Crippen molar-refractivity contribution in [1.29, 1.82) is 0 Å². The van der Waals surface area contributed by atoms with E-state index in [1.54, 1.807) is 24.3 Å². The Balaban J connectivity index is 0.000000163. The molecule has 2 aliphatic rings. The van der Waals surface area contributed by atoms with Crippen LogP contribution in [0.4, 0.5) is 17.1 Å². The highest BCUT2D eigenvalue weighted by Crippen LogP contribution is 2.36. The second-order valence-corrected chi connectivity index (χ2v) is 15.6. The van der Waals surface area contributed by atoms with E-state index in [2.05, 4.69) is 31.2 Å². The lowest BCUT2D eigenvalue weighted by molar-refractivity contribution is -0.114. The molecule has 0 unspecified atom stereocenters. The van der Waals surface area contributed by atoms with E-state index in [9.17, 15) is 4.79 Å². The predicted octanol–water partition coefficient (Wildman–Crippen LogP) is 10.8. The Bertz CT molecular complexity index is 2790. The van der Waals surface area contributed by atoms with Crippen LogP contribution in [0.5, 0.6) is 0 Å². The lowest BCUT2D eigenvalue weighted by Gasteiger charge is -2.26. The zero-order chi connectivity index (χ0) is 40.5. The van der Waals surface area contributed by atoms with E-state index in [1.165, 1.54) is 6.92 Å².